The van der Waals surface area contributed by atoms with E-state index in [0.29, 0.717) is 23.9 Å². The number of nitrogens with zero attached hydrogens (tertiary/aromatic N) is 1. The molecule has 0 aromatic carbocycles. The predicted molar refractivity (Wildman–Crippen MR) is 62.9 cm³/mol. The maximum absolute atomic E-state index is 11.7. The topological polar surface area (TPSA) is 55.1 Å². The number of carbonyl (C=O) groups excluding carboxylic acids is 1. The zero-order valence-corrected chi connectivity index (χ0v) is 10.6. The number of aryl methyl sites for hydroxylation is 2. The molecule has 0 radical (unpaired) electrons. The summed E-state index contributed by atoms with van der Waals surface area (Å²) in [5.74, 6) is 0.574. The minimum atomic E-state index is -0.224. The zero-order valence-electron chi connectivity index (χ0n) is 9.84. The molecule has 1 amide bonds. The third-order valence-electron chi connectivity index (χ3n) is 2.30. The highest BCUT2D eigenvalue weighted by molar-refractivity contribution is 6.20. The van der Waals surface area contributed by atoms with E-state index in [1.54, 1.807) is 13.8 Å². The molecule has 1 aromatic heterocycles. The van der Waals surface area contributed by atoms with E-state index in [2.05, 4.69) is 10.3 Å². The summed E-state index contributed by atoms with van der Waals surface area (Å²) in [5.41, 5.74) is 0.618. The number of hydrogen-bond acceptors (Lipinski definition) is 3. The maximum atomic E-state index is 11.7. The fourth-order valence-corrected chi connectivity index (χ4v) is 1.48. The van der Waals surface area contributed by atoms with Gasteiger partial charge in [0.1, 0.15) is 0 Å². The standard InChI is InChI=1S/C11H17ClN2O2/c1-4-9(12)5-6-13-11(15)10-7(2)14-8(3)16-10/h9H,4-6H2,1-3H3,(H,13,15). The third-order valence-corrected chi connectivity index (χ3v) is 2.82. The van der Waals surface area contributed by atoms with Crippen LogP contribution in [0.25, 0.3) is 0 Å². The average Bonchev–Trinajstić information content (AvgIpc) is 2.57. The summed E-state index contributed by atoms with van der Waals surface area (Å²) in [5, 5.41) is 2.87. The molecular weight excluding hydrogens is 228 g/mol. The molecule has 0 aliphatic carbocycles. The van der Waals surface area contributed by atoms with E-state index in [1.807, 2.05) is 6.92 Å². The fraction of sp³-hybridized carbons (Fsp3) is 0.636. The minimum Gasteiger partial charge on any atom is -0.436 e. The second-order valence-corrected chi connectivity index (χ2v) is 4.31. The number of oxazole rings is 1. The molecule has 0 aliphatic rings. The lowest BCUT2D eigenvalue weighted by Crippen LogP contribution is -2.26. The van der Waals surface area contributed by atoms with Crippen molar-refractivity contribution in [2.75, 3.05) is 6.54 Å². The largest absolute Gasteiger partial charge is 0.436 e. The highest BCUT2D eigenvalue weighted by atomic mass is 35.5. The Balaban J connectivity index is 2.44. The van der Waals surface area contributed by atoms with Crippen LogP contribution < -0.4 is 5.32 Å². The van der Waals surface area contributed by atoms with Gasteiger partial charge in [-0.25, -0.2) is 4.98 Å². The average molecular weight is 245 g/mol. The quantitative estimate of drug-likeness (QED) is 0.810. The fourth-order valence-electron chi connectivity index (χ4n) is 1.37. The molecule has 16 heavy (non-hydrogen) atoms. The molecule has 1 atom stereocenters. The molecule has 0 aliphatic heterocycles. The summed E-state index contributed by atoms with van der Waals surface area (Å²) in [7, 11) is 0. The number of carbonyl (C=O) groups is 1. The van der Waals surface area contributed by atoms with Crippen molar-refractivity contribution in [3.63, 3.8) is 0 Å². The van der Waals surface area contributed by atoms with E-state index < -0.39 is 0 Å². The van der Waals surface area contributed by atoms with E-state index in [0.717, 1.165) is 12.8 Å². The van der Waals surface area contributed by atoms with Crippen LogP contribution in [0.3, 0.4) is 0 Å². The zero-order chi connectivity index (χ0) is 12.1. The maximum Gasteiger partial charge on any atom is 0.289 e. The number of nitrogens with one attached hydrogen (secondary N) is 1. The first kappa shape index (κ1) is 13.0. The summed E-state index contributed by atoms with van der Waals surface area (Å²) in [6.45, 7) is 6.04. The van der Waals surface area contributed by atoms with E-state index in [1.165, 1.54) is 0 Å². The van der Waals surface area contributed by atoms with Gasteiger partial charge in [0.15, 0.2) is 5.89 Å². The molecular formula is C11H17ClN2O2. The summed E-state index contributed by atoms with van der Waals surface area (Å²) in [6.07, 6.45) is 1.66. The van der Waals surface area contributed by atoms with E-state index in [4.69, 9.17) is 16.0 Å². The van der Waals surface area contributed by atoms with Crippen LogP contribution in [0.2, 0.25) is 0 Å². The number of rotatable bonds is 5. The van der Waals surface area contributed by atoms with Gasteiger partial charge in [-0.2, -0.15) is 0 Å². The van der Waals surface area contributed by atoms with Crippen LogP contribution in [0.4, 0.5) is 0 Å². The van der Waals surface area contributed by atoms with Gasteiger partial charge in [0.05, 0.1) is 5.69 Å². The first-order valence-corrected chi connectivity index (χ1v) is 5.84. The highest BCUT2D eigenvalue weighted by Crippen LogP contribution is 2.09. The molecule has 1 heterocycles. The van der Waals surface area contributed by atoms with Gasteiger partial charge in [0, 0.05) is 18.8 Å². The Morgan fingerprint density at radius 1 is 1.56 bits per heavy atom. The van der Waals surface area contributed by atoms with Crippen molar-refractivity contribution >= 4 is 17.5 Å². The van der Waals surface area contributed by atoms with Crippen molar-refractivity contribution in [1.82, 2.24) is 10.3 Å². The van der Waals surface area contributed by atoms with Crippen molar-refractivity contribution < 1.29 is 9.21 Å². The van der Waals surface area contributed by atoms with Gasteiger partial charge in [0.25, 0.3) is 5.91 Å². The van der Waals surface area contributed by atoms with E-state index in [-0.39, 0.29) is 11.3 Å². The van der Waals surface area contributed by atoms with Crippen molar-refractivity contribution in [3.05, 3.63) is 17.3 Å². The molecule has 0 saturated carbocycles. The molecule has 0 fully saturated rings. The Morgan fingerprint density at radius 2 is 2.25 bits per heavy atom. The number of amides is 1. The van der Waals surface area contributed by atoms with Crippen LogP contribution in [0, 0.1) is 13.8 Å². The molecule has 0 saturated heterocycles. The molecule has 1 N–H and O–H groups in total. The molecule has 0 spiro atoms. The van der Waals surface area contributed by atoms with Gasteiger partial charge in [-0.05, 0) is 19.8 Å². The predicted octanol–water partition coefficient (Wildman–Crippen LogP) is 2.43. The molecule has 5 heteroatoms. The summed E-state index contributed by atoms with van der Waals surface area (Å²) >= 11 is 5.94. The third kappa shape index (κ3) is 3.52. The Labute approximate surface area is 100 Å². The molecule has 1 unspecified atom stereocenters. The summed E-state index contributed by atoms with van der Waals surface area (Å²) in [6, 6.07) is 0. The Kier molecular flexibility index (Phi) is 4.80. The highest BCUT2D eigenvalue weighted by Gasteiger charge is 2.15. The van der Waals surface area contributed by atoms with Crippen LogP contribution in [0.15, 0.2) is 4.42 Å². The van der Waals surface area contributed by atoms with Gasteiger partial charge < -0.3 is 9.73 Å². The number of alkyl halides is 1. The molecule has 0 bridgehead atoms. The van der Waals surface area contributed by atoms with Crippen molar-refractivity contribution in [3.8, 4) is 0 Å². The van der Waals surface area contributed by atoms with Gasteiger partial charge >= 0.3 is 0 Å². The first-order valence-electron chi connectivity index (χ1n) is 5.40. The van der Waals surface area contributed by atoms with Gasteiger partial charge in [-0.1, -0.05) is 6.92 Å². The molecule has 1 rings (SSSR count). The SMILES string of the molecule is CCC(Cl)CCNC(=O)c1oc(C)nc1C. The van der Waals surface area contributed by atoms with Crippen molar-refractivity contribution in [1.29, 1.82) is 0 Å². The van der Waals surface area contributed by atoms with Crippen LogP contribution in [0.1, 0.15) is 41.9 Å². The molecule has 90 valence electrons. The molecule has 4 nitrogen and oxygen atoms in total. The summed E-state index contributed by atoms with van der Waals surface area (Å²) in [4.78, 5) is 15.7. The Hall–Kier alpha value is -1.03. The second kappa shape index (κ2) is 5.89. The van der Waals surface area contributed by atoms with Crippen LogP contribution in [-0.2, 0) is 0 Å². The van der Waals surface area contributed by atoms with Gasteiger partial charge in [0.2, 0.25) is 5.76 Å². The monoisotopic (exact) mass is 244 g/mol. The smallest absolute Gasteiger partial charge is 0.289 e. The van der Waals surface area contributed by atoms with Crippen molar-refractivity contribution in [2.24, 2.45) is 0 Å². The first-order chi connectivity index (χ1) is 7.54. The number of hydrogen-bond donors (Lipinski definition) is 1. The lowest BCUT2D eigenvalue weighted by molar-refractivity contribution is 0.0923. The number of aromatic nitrogens is 1. The number of halogens is 1. The normalized spacial score (nSPS) is 12.5. The second-order valence-electron chi connectivity index (χ2n) is 3.70. The Bertz CT molecular complexity index is 363. The lowest BCUT2D eigenvalue weighted by atomic mass is 10.2. The van der Waals surface area contributed by atoms with Gasteiger partial charge in [-0.15, -0.1) is 11.6 Å². The molecule has 1 aromatic rings. The van der Waals surface area contributed by atoms with Gasteiger partial charge in [-0.3, -0.25) is 4.79 Å². The minimum absolute atomic E-state index is 0.109. The van der Waals surface area contributed by atoms with Crippen LogP contribution >= 0.6 is 11.6 Å². The van der Waals surface area contributed by atoms with E-state index >= 15 is 0 Å². The Morgan fingerprint density at radius 3 is 2.75 bits per heavy atom. The lowest BCUT2D eigenvalue weighted by Gasteiger charge is -2.06. The summed E-state index contributed by atoms with van der Waals surface area (Å²) < 4.78 is 5.20. The van der Waals surface area contributed by atoms with Crippen molar-refractivity contribution in [2.45, 2.75) is 39.0 Å². The van der Waals surface area contributed by atoms with Crippen LogP contribution in [-0.4, -0.2) is 22.8 Å². The van der Waals surface area contributed by atoms with E-state index in [9.17, 15) is 4.79 Å². The van der Waals surface area contributed by atoms with Crippen LogP contribution in [0.5, 0.6) is 0 Å².